The fraction of sp³-hybridized carbons (Fsp3) is 0.667. The Labute approximate surface area is 146 Å². The van der Waals surface area contributed by atoms with Gasteiger partial charge in [-0.05, 0) is 37.8 Å². The maximum atomic E-state index is 12.8. The van der Waals surface area contributed by atoms with E-state index in [2.05, 4.69) is 5.32 Å². The van der Waals surface area contributed by atoms with Gasteiger partial charge in [0.15, 0.2) is 0 Å². The lowest BCUT2D eigenvalue weighted by molar-refractivity contribution is -0.125. The average Bonchev–Trinajstić information content (AvgIpc) is 3.17. The van der Waals surface area contributed by atoms with Crippen LogP contribution in [0.3, 0.4) is 0 Å². The molecule has 1 aliphatic carbocycles. The third kappa shape index (κ3) is 3.73. The maximum Gasteiger partial charge on any atom is 0.253 e. The van der Waals surface area contributed by atoms with Crippen molar-refractivity contribution in [3.8, 4) is 0 Å². The minimum atomic E-state index is -3.65. The van der Waals surface area contributed by atoms with Crippen molar-refractivity contribution >= 4 is 38.9 Å². The molecule has 2 fully saturated rings. The van der Waals surface area contributed by atoms with Crippen LogP contribution in [-0.2, 0) is 14.8 Å². The van der Waals surface area contributed by atoms with Crippen LogP contribution in [0.5, 0.6) is 0 Å². The Morgan fingerprint density at radius 3 is 2.57 bits per heavy atom. The topological polar surface area (TPSA) is 66.5 Å². The first-order chi connectivity index (χ1) is 11.0. The molecule has 1 amide bonds. The number of nitrogens with one attached hydrogen (secondary N) is 1. The predicted molar refractivity (Wildman–Crippen MR) is 91.3 cm³/mol. The van der Waals surface area contributed by atoms with Crippen molar-refractivity contribution in [3.63, 3.8) is 0 Å². The molecule has 128 valence electrons. The van der Waals surface area contributed by atoms with Gasteiger partial charge in [0.1, 0.15) is 10.3 Å². The summed E-state index contributed by atoms with van der Waals surface area (Å²) in [6, 6.07) is 2.68. The Bertz CT molecular complexity index is 668. The summed E-state index contributed by atoms with van der Waals surface area (Å²) in [5.41, 5.74) is 0. The van der Waals surface area contributed by atoms with Crippen molar-refractivity contribution in [1.82, 2.24) is 9.62 Å². The van der Waals surface area contributed by atoms with Crippen molar-refractivity contribution < 1.29 is 13.2 Å². The first kappa shape index (κ1) is 17.2. The van der Waals surface area contributed by atoms with Crippen LogP contribution in [0.2, 0.25) is 4.34 Å². The lowest BCUT2D eigenvalue weighted by Crippen LogP contribution is -2.49. The van der Waals surface area contributed by atoms with E-state index in [1.807, 2.05) is 0 Å². The van der Waals surface area contributed by atoms with Crippen LogP contribution in [0.25, 0.3) is 0 Å². The molecule has 2 aliphatic rings. The molecule has 1 saturated carbocycles. The Kier molecular flexibility index (Phi) is 5.30. The van der Waals surface area contributed by atoms with E-state index in [4.69, 9.17) is 11.6 Å². The van der Waals surface area contributed by atoms with E-state index in [0.29, 0.717) is 23.7 Å². The maximum absolute atomic E-state index is 12.8. The van der Waals surface area contributed by atoms with E-state index < -0.39 is 16.1 Å². The van der Waals surface area contributed by atoms with Gasteiger partial charge in [-0.2, -0.15) is 4.31 Å². The van der Waals surface area contributed by atoms with Crippen LogP contribution in [0.4, 0.5) is 0 Å². The number of amides is 1. The number of hydrogen-bond donors (Lipinski definition) is 1. The van der Waals surface area contributed by atoms with Crippen LogP contribution in [0.15, 0.2) is 16.3 Å². The molecule has 2 heterocycles. The summed E-state index contributed by atoms with van der Waals surface area (Å²) in [6.07, 6.45) is 6.75. The zero-order valence-corrected chi connectivity index (χ0v) is 15.2. The molecule has 23 heavy (non-hydrogen) atoms. The molecule has 0 aromatic carbocycles. The highest BCUT2D eigenvalue weighted by Crippen LogP contribution is 2.32. The van der Waals surface area contributed by atoms with Crippen molar-refractivity contribution in [1.29, 1.82) is 0 Å². The number of hydrogen-bond acceptors (Lipinski definition) is 4. The fourth-order valence-corrected chi connectivity index (χ4v) is 6.65. The molecule has 8 heteroatoms. The molecule has 3 rings (SSSR count). The third-order valence-corrected chi connectivity index (χ3v) is 8.18. The molecular formula is C15H21ClN2O3S2. The summed E-state index contributed by atoms with van der Waals surface area (Å²) < 4.78 is 27.5. The molecule has 5 nitrogen and oxygen atoms in total. The Morgan fingerprint density at radius 2 is 1.91 bits per heavy atom. The quantitative estimate of drug-likeness (QED) is 0.878. The van der Waals surface area contributed by atoms with Crippen LogP contribution in [0, 0.1) is 0 Å². The zero-order chi connectivity index (χ0) is 16.4. The molecule has 1 atom stereocenters. The zero-order valence-electron chi connectivity index (χ0n) is 12.8. The van der Waals surface area contributed by atoms with Gasteiger partial charge in [-0.1, -0.05) is 30.9 Å². The summed E-state index contributed by atoms with van der Waals surface area (Å²) in [5.74, 6) is -0.152. The Balaban J connectivity index is 1.73. The van der Waals surface area contributed by atoms with Gasteiger partial charge in [-0.15, -0.1) is 11.3 Å². The second-order valence-corrected chi connectivity index (χ2v) is 10.0. The molecule has 1 N–H and O–H groups in total. The van der Waals surface area contributed by atoms with Gasteiger partial charge in [0.2, 0.25) is 5.91 Å². The van der Waals surface area contributed by atoms with E-state index in [1.54, 1.807) is 6.07 Å². The molecule has 0 spiro atoms. The van der Waals surface area contributed by atoms with E-state index >= 15 is 0 Å². The number of rotatable bonds is 4. The van der Waals surface area contributed by atoms with E-state index in [1.165, 1.54) is 16.8 Å². The van der Waals surface area contributed by atoms with Gasteiger partial charge < -0.3 is 5.32 Å². The summed E-state index contributed by atoms with van der Waals surface area (Å²) in [6.45, 7) is 0.389. The number of carbonyl (C=O) groups is 1. The number of halogens is 1. The third-order valence-electron chi connectivity index (χ3n) is 4.57. The van der Waals surface area contributed by atoms with Gasteiger partial charge >= 0.3 is 0 Å². The predicted octanol–water partition coefficient (Wildman–Crippen LogP) is 3.00. The van der Waals surface area contributed by atoms with E-state index in [0.717, 1.165) is 37.0 Å². The van der Waals surface area contributed by atoms with Gasteiger partial charge in [0.05, 0.1) is 4.34 Å². The van der Waals surface area contributed by atoms with Crippen molar-refractivity contribution in [3.05, 3.63) is 16.5 Å². The average molecular weight is 377 g/mol. The summed E-state index contributed by atoms with van der Waals surface area (Å²) >= 11 is 6.89. The molecule has 0 bridgehead atoms. The minimum Gasteiger partial charge on any atom is -0.352 e. The second kappa shape index (κ2) is 7.09. The monoisotopic (exact) mass is 376 g/mol. The molecule has 0 unspecified atom stereocenters. The normalized spacial score (nSPS) is 24.0. The fourth-order valence-electron chi connectivity index (χ4n) is 3.39. The summed E-state index contributed by atoms with van der Waals surface area (Å²) in [4.78, 5) is 12.6. The summed E-state index contributed by atoms with van der Waals surface area (Å²) in [5, 5.41) is 3.05. The standard InChI is InChI=1S/C15H21ClN2O3S2/c16-13-8-9-14(22-13)23(20,21)18-10-4-7-12(18)15(19)17-11-5-2-1-3-6-11/h8-9,11-12H,1-7,10H2,(H,17,19)/t12-/m0/s1. The molecular weight excluding hydrogens is 356 g/mol. The van der Waals surface area contributed by atoms with Gasteiger partial charge in [-0.25, -0.2) is 8.42 Å². The van der Waals surface area contributed by atoms with Crippen molar-refractivity contribution in [2.75, 3.05) is 6.54 Å². The Morgan fingerprint density at radius 1 is 1.17 bits per heavy atom. The highest BCUT2D eigenvalue weighted by atomic mass is 35.5. The van der Waals surface area contributed by atoms with Crippen LogP contribution >= 0.6 is 22.9 Å². The van der Waals surface area contributed by atoms with Gasteiger partial charge in [-0.3, -0.25) is 4.79 Å². The van der Waals surface area contributed by atoms with Crippen LogP contribution < -0.4 is 5.32 Å². The number of nitrogens with zero attached hydrogens (tertiary/aromatic N) is 1. The smallest absolute Gasteiger partial charge is 0.253 e. The summed E-state index contributed by atoms with van der Waals surface area (Å²) in [7, 11) is -3.65. The number of thiophene rings is 1. The first-order valence-electron chi connectivity index (χ1n) is 8.06. The minimum absolute atomic E-state index is 0.152. The Hall–Kier alpha value is -0.630. The molecule has 1 saturated heterocycles. The van der Waals surface area contributed by atoms with E-state index in [9.17, 15) is 13.2 Å². The lowest BCUT2D eigenvalue weighted by Gasteiger charge is -2.27. The van der Waals surface area contributed by atoms with Crippen LogP contribution in [0.1, 0.15) is 44.9 Å². The highest BCUT2D eigenvalue weighted by Gasteiger charge is 2.40. The van der Waals surface area contributed by atoms with Crippen molar-refractivity contribution in [2.45, 2.75) is 61.2 Å². The number of sulfonamides is 1. The molecule has 1 aromatic heterocycles. The van der Waals surface area contributed by atoms with Crippen molar-refractivity contribution in [2.24, 2.45) is 0 Å². The van der Waals surface area contributed by atoms with Crippen LogP contribution in [-0.4, -0.2) is 37.3 Å². The largest absolute Gasteiger partial charge is 0.352 e. The van der Waals surface area contributed by atoms with Gasteiger partial charge in [0.25, 0.3) is 10.0 Å². The second-order valence-electron chi connectivity index (χ2n) is 6.18. The van der Waals surface area contributed by atoms with Gasteiger partial charge in [0, 0.05) is 12.6 Å². The number of carbonyl (C=O) groups excluding carboxylic acids is 1. The molecule has 1 aromatic rings. The molecule has 1 aliphatic heterocycles. The SMILES string of the molecule is O=C(NC1CCCCC1)[C@@H]1CCCN1S(=O)(=O)c1ccc(Cl)s1. The highest BCUT2D eigenvalue weighted by molar-refractivity contribution is 7.91. The lowest BCUT2D eigenvalue weighted by atomic mass is 9.95. The van der Waals surface area contributed by atoms with E-state index in [-0.39, 0.29) is 16.2 Å². The molecule has 0 radical (unpaired) electrons. The first-order valence-corrected chi connectivity index (χ1v) is 10.7.